The van der Waals surface area contributed by atoms with Gasteiger partial charge in [-0.25, -0.2) is 9.67 Å². The number of rotatable bonds is 5. The minimum Gasteiger partial charge on any atom is -0.339 e. The van der Waals surface area contributed by atoms with Gasteiger partial charge in [-0.05, 0) is 39.3 Å². The molecule has 0 bridgehead atoms. The van der Waals surface area contributed by atoms with Crippen molar-refractivity contribution in [3.05, 3.63) is 47.5 Å². The number of hydrogen-bond donors (Lipinski definition) is 0. The van der Waals surface area contributed by atoms with Crippen LogP contribution in [0.15, 0.2) is 30.3 Å². The average molecular weight is 341 g/mol. The smallest absolute Gasteiger partial charge is 0.236 e. The highest BCUT2D eigenvalue weighted by Crippen LogP contribution is 2.22. The van der Waals surface area contributed by atoms with Crippen molar-refractivity contribution in [2.45, 2.75) is 39.3 Å². The highest BCUT2D eigenvalue weighted by Gasteiger charge is 2.26. The Balaban J connectivity index is 1.57. The first kappa shape index (κ1) is 17.6. The van der Waals surface area contributed by atoms with Crippen molar-refractivity contribution < 1.29 is 4.79 Å². The summed E-state index contributed by atoms with van der Waals surface area (Å²) in [6.45, 7) is 6.67. The van der Waals surface area contributed by atoms with E-state index in [1.165, 1.54) is 5.56 Å². The van der Waals surface area contributed by atoms with Gasteiger partial charge in [-0.15, -0.1) is 0 Å². The third-order valence-electron chi connectivity index (χ3n) is 4.70. The second kappa shape index (κ2) is 7.78. The number of aromatic nitrogens is 3. The molecule has 1 unspecified atom stereocenters. The fourth-order valence-corrected chi connectivity index (χ4v) is 3.54. The lowest BCUT2D eigenvalue weighted by molar-refractivity contribution is -0.133. The standard InChI is InChI=1S/C19H27N5O/c1-15-20-16(2)24(21-15)18-10-7-11-23(13-18)19(25)14-22(3)12-17-8-5-4-6-9-17/h4-6,8-9,18H,7,10-14H2,1-3H3. The summed E-state index contributed by atoms with van der Waals surface area (Å²) >= 11 is 0. The van der Waals surface area contributed by atoms with E-state index in [-0.39, 0.29) is 11.9 Å². The van der Waals surface area contributed by atoms with Crippen LogP contribution in [0.5, 0.6) is 0 Å². The molecule has 1 saturated heterocycles. The van der Waals surface area contributed by atoms with E-state index in [0.29, 0.717) is 6.54 Å². The molecule has 1 aromatic carbocycles. The van der Waals surface area contributed by atoms with Crippen molar-refractivity contribution in [3.8, 4) is 0 Å². The summed E-state index contributed by atoms with van der Waals surface area (Å²) in [6.07, 6.45) is 2.06. The molecule has 1 aliphatic heterocycles. The number of amides is 1. The van der Waals surface area contributed by atoms with E-state index >= 15 is 0 Å². The number of nitrogens with zero attached hydrogens (tertiary/aromatic N) is 5. The van der Waals surface area contributed by atoms with Gasteiger partial charge in [0.25, 0.3) is 0 Å². The summed E-state index contributed by atoms with van der Waals surface area (Å²) in [4.78, 5) is 21.2. The van der Waals surface area contributed by atoms with Crippen LogP contribution in [0.1, 0.15) is 36.1 Å². The first-order valence-corrected chi connectivity index (χ1v) is 8.93. The number of hydrogen-bond acceptors (Lipinski definition) is 4. The van der Waals surface area contributed by atoms with E-state index in [4.69, 9.17) is 0 Å². The minimum atomic E-state index is 0.192. The summed E-state index contributed by atoms with van der Waals surface area (Å²) < 4.78 is 1.99. The molecule has 0 radical (unpaired) electrons. The Morgan fingerprint density at radius 1 is 1.28 bits per heavy atom. The maximum absolute atomic E-state index is 12.7. The summed E-state index contributed by atoms with van der Waals surface area (Å²) in [7, 11) is 2.00. The predicted molar refractivity (Wildman–Crippen MR) is 97.1 cm³/mol. The molecule has 6 heteroatoms. The zero-order valence-electron chi connectivity index (χ0n) is 15.4. The van der Waals surface area contributed by atoms with Gasteiger partial charge in [-0.3, -0.25) is 9.69 Å². The molecule has 1 aromatic heterocycles. The first-order valence-electron chi connectivity index (χ1n) is 8.93. The highest BCUT2D eigenvalue weighted by atomic mass is 16.2. The van der Waals surface area contributed by atoms with Crippen LogP contribution < -0.4 is 0 Å². The summed E-state index contributed by atoms with van der Waals surface area (Å²) in [5, 5.41) is 4.50. The van der Waals surface area contributed by atoms with Gasteiger partial charge in [0.1, 0.15) is 11.6 Å². The van der Waals surface area contributed by atoms with E-state index < -0.39 is 0 Å². The van der Waals surface area contributed by atoms with Gasteiger partial charge in [0.2, 0.25) is 5.91 Å². The van der Waals surface area contributed by atoms with Crippen LogP contribution in [-0.2, 0) is 11.3 Å². The number of aryl methyl sites for hydroxylation is 2. The van der Waals surface area contributed by atoms with Gasteiger partial charge in [0, 0.05) is 19.6 Å². The van der Waals surface area contributed by atoms with E-state index in [1.54, 1.807) is 0 Å². The Bertz CT molecular complexity index is 712. The molecule has 0 N–H and O–H groups in total. The van der Waals surface area contributed by atoms with Crippen LogP contribution in [0.3, 0.4) is 0 Å². The predicted octanol–water partition coefficient (Wildman–Crippen LogP) is 2.19. The molecule has 0 spiro atoms. The number of carbonyl (C=O) groups is 1. The van der Waals surface area contributed by atoms with Crippen molar-refractivity contribution in [1.29, 1.82) is 0 Å². The molecule has 6 nitrogen and oxygen atoms in total. The number of benzene rings is 1. The van der Waals surface area contributed by atoms with Crippen LogP contribution >= 0.6 is 0 Å². The van der Waals surface area contributed by atoms with E-state index in [9.17, 15) is 4.79 Å². The van der Waals surface area contributed by atoms with Gasteiger partial charge in [-0.2, -0.15) is 5.10 Å². The van der Waals surface area contributed by atoms with Crippen molar-refractivity contribution in [2.24, 2.45) is 0 Å². The van der Waals surface area contributed by atoms with E-state index in [1.807, 2.05) is 48.7 Å². The number of carbonyl (C=O) groups excluding carboxylic acids is 1. The normalized spacial score (nSPS) is 17.9. The molecule has 2 heterocycles. The van der Waals surface area contributed by atoms with Crippen molar-refractivity contribution in [2.75, 3.05) is 26.7 Å². The van der Waals surface area contributed by atoms with Crippen LogP contribution in [0.4, 0.5) is 0 Å². The molecular weight excluding hydrogens is 314 g/mol. The zero-order valence-corrected chi connectivity index (χ0v) is 15.4. The lowest BCUT2D eigenvalue weighted by atomic mass is 10.1. The van der Waals surface area contributed by atoms with Crippen LogP contribution in [0, 0.1) is 13.8 Å². The molecule has 0 saturated carbocycles. The Kier molecular flexibility index (Phi) is 5.48. The Morgan fingerprint density at radius 2 is 2.04 bits per heavy atom. The van der Waals surface area contributed by atoms with Crippen molar-refractivity contribution in [3.63, 3.8) is 0 Å². The average Bonchev–Trinajstić information content (AvgIpc) is 2.94. The lowest BCUT2D eigenvalue weighted by Gasteiger charge is -2.34. The van der Waals surface area contributed by atoms with Crippen LogP contribution in [-0.4, -0.2) is 57.2 Å². The fourth-order valence-electron chi connectivity index (χ4n) is 3.54. The maximum atomic E-state index is 12.7. The molecule has 1 fully saturated rings. The second-order valence-corrected chi connectivity index (χ2v) is 6.94. The second-order valence-electron chi connectivity index (χ2n) is 6.94. The van der Waals surface area contributed by atoms with Gasteiger partial charge in [0.15, 0.2) is 0 Å². The summed E-state index contributed by atoms with van der Waals surface area (Å²) in [6, 6.07) is 10.5. The van der Waals surface area contributed by atoms with Gasteiger partial charge < -0.3 is 4.90 Å². The van der Waals surface area contributed by atoms with Crippen molar-refractivity contribution >= 4 is 5.91 Å². The molecule has 1 atom stereocenters. The van der Waals surface area contributed by atoms with Crippen LogP contribution in [0.2, 0.25) is 0 Å². The maximum Gasteiger partial charge on any atom is 0.236 e. The quantitative estimate of drug-likeness (QED) is 0.836. The van der Waals surface area contributed by atoms with Crippen molar-refractivity contribution in [1.82, 2.24) is 24.6 Å². The Labute approximate surface area is 149 Å². The van der Waals surface area contributed by atoms with E-state index in [2.05, 4.69) is 27.1 Å². The van der Waals surface area contributed by atoms with Crippen LogP contribution in [0.25, 0.3) is 0 Å². The van der Waals surface area contributed by atoms with Gasteiger partial charge in [0.05, 0.1) is 12.6 Å². The molecular formula is C19H27N5O. The largest absolute Gasteiger partial charge is 0.339 e. The summed E-state index contributed by atoms with van der Waals surface area (Å²) in [5.74, 6) is 1.92. The zero-order chi connectivity index (χ0) is 17.8. The first-order chi connectivity index (χ1) is 12.0. The summed E-state index contributed by atoms with van der Waals surface area (Å²) in [5.41, 5.74) is 1.23. The Hall–Kier alpha value is -2.21. The molecule has 134 valence electrons. The number of likely N-dealkylation sites (N-methyl/N-ethyl adjacent to an activating group) is 1. The Morgan fingerprint density at radius 3 is 2.72 bits per heavy atom. The molecule has 1 amide bonds. The van der Waals surface area contributed by atoms with E-state index in [0.717, 1.165) is 44.1 Å². The number of piperidine rings is 1. The molecule has 0 aliphatic carbocycles. The van der Waals surface area contributed by atoms with Gasteiger partial charge >= 0.3 is 0 Å². The minimum absolute atomic E-state index is 0.192. The third kappa shape index (κ3) is 4.45. The fraction of sp³-hybridized carbons (Fsp3) is 0.526. The SMILES string of the molecule is Cc1nc(C)n(C2CCCN(C(=O)CN(C)Cc3ccccc3)C2)n1. The lowest BCUT2D eigenvalue weighted by Crippen LogP contribution is -2.45. The number of likely N-dealkylation sites (tertiary alicyclic amines) is 1. The third-order valence-corrected chi connectivity index (χ3v) is 4.70. The monoisotopic (exact) mass is 341 g/mol. The van der Waals surface area contributed by atoms with Gasteiger partial charge in [-0.1, -0.05) is 30.3 Å². The molecule has 1 aliphatic rings. The molecule has 3 rings (SSSR count). The molecule has 25 heavy (non-hydrogen) atoms. The topological polar surface area (TPSA) is 54.3 Å². The molecule has 2 aromatic rings. The highest BCUT2D eigenvalue weighted by molar-refractivity contribution is 5.78.